The molecule has 316 valence electrons. The lowest BCUT2D eigenvalue weighted by molar-refractivity contribution is 0.669. The van der Waals surface area contributed by atoms with Gasteiger partial charge in [-0.1, -0.05) is 164 Å². The number of furan rings is 2. The van der Waals surface area contributed by atoms with Gasteiger partial charge in [-0.15, -0.1) is 0 Å². The van der Waals surface area contributed by atoms with Gasteiger partial charge in [0, 0.05) is 27.1 Å². The van der Waals surface area contributed by atoms with E-state index in [1.54, 1.807) is 0 Å². The zero-order chi connectivity index (χ0) is 44.7. The molecular weight excluding hydrogens is 825 g/mol. The highest BCUT2D eigenvalue weighted by atomic mass is 16.3. The Balaban J connectivity index is 0.988. The molecule has 14 rings (SSSR count). The molecule has 0 amide bonds. The minimum Gasteiger partial charge on any atom is -0.456 e. The molecule has 2 aromatic heterocycles. The number of hydrogen-bond donors (Lipinski definition) is 0. The van der Waals surface area contributed by atoms with Crippen LogP contribution in [-0.2, 0) is 0 Å². The van der Waals surface area contributed by atoms with Gasteiger partial charge in [0.15, 0.2) is 0 Å². The maximum absolute atomic E-state index is 6.50. The molecule has 2 nitrogen and oxygen atoms in total. The van der Waals surface area contributed by atoms with Crippen molar-refractivity contribution in [2.45, 2.75) is 0 Å². The van der Waals surface area contributed by atoms with Crippen LogP contribution in [0.5, 0.6) is 0 Å². The summed E-state index contributed by atoms with van der Waals surface area (Å²) in [5, 5.41) is 11.7. The molecule has 68 heavy (non-hydrogen) atoms. The van der Waals surface area contributed by atoms with E-state index in [-0.39, 0.29) is 0 Å². The zero-order valence-electron chi connectivity index (χ0n) is 36.9. The van der Waals surface area contributed by atoms with Crippen molar-refractivity contribution >= 4 is 76.2 Å². The van der Waals surface area contributed by atoms with Gasteiger partial charge in [0.25, 0.3) is 0 Å². The van der Waals surface area contributed by atoms with Crippen molar-refractivity contribution in [1.82, 2.24) is 0 Å². The first kappa shape index (κ1) is 38.3. The van der Waals surface area contributed by atoms with Crippen LogP contribution in [0.25, 0.3) is 143 Å². The first-order valence-electron chi connectivity index (χ1n) is 23.3. The second kappa shape index (κ2) is 15.3. The fourth-order valence-corrected chi connectivity index (χ4v) is 10.7. The molecule has 0 unspecified atom stereocenters. The fraction of sp³-hybridized carbons (Fsp3) is 0. The van der Waals surface area contributed by atoms with Crippen LogP contribution in [0.4, 0.5) is 0 Å². The molecule has 0 fully saturated rings. The standard InChI is InChI=1S/C66H40O2/c1-2-13-41(14-3-1)49-33-53(38-54(37-49)56-22-12-17-43-15-4-6-18-55(43)56)52-35-50(34-51(36-52)45-29-30-63-60(39-45)58-20-8-10-23-61(58)67-63)44-27-25-42-26-28-47(32-48(42)31-44)65-57-19-7-5-16-46(57)40-64-66(65)59-21-9-11-24-62(59)68-64/h1-40H. The predicted octanol–water partition coefficient (Wildman–Crippen LogP) is 18.9. The lowest BCUT2D eigenvalue weighted by atomic mass is 9.88. The minimum absolute atomic E-state index is 0.888. The summed E-state index contributed by atoms with van der Waals surface area (Å²) in [6, 6.07) is 88.2. The maximum Gasteiger partial charge on any atom is 0.136 e. The van der Waals surface area contributed by atoms with Crippen molar-refractivity contribution in [3.63, 3.8) is 0 Å². The Morgan fingerprint density at radius 2 is 0.721 bits per heavy atom. The van der Waals surface area contributed by atoms with Gasteiger partial charge in [-0.05, 0) is 172 Å². The van der Waals surface area contributed by atoms with E-state index in [2.05, 4.69) is 224 Å². The molecule has 0 aliphatic carbocycles. The van der Waals surface area contributed by atoms with Gasteiger partial charge in [-0.25, -0.2) is 0 Å². The lowest BCUT2D eigenvalue weighted by Gasteiger charge is -2.16. The third-order valence-electron chi connectivity index (χ3n) is 14.0. The first-order valence-corrected chi connectivity index (χ1v) is 23.3. The molecule has 0 saturated carbocycles. The SMILES string of the molecule is c1ccc(-c2cc(-c3cc(-c4ccc5ccc(-c6c7ccccc7cc7oc8ccccc8c67)cc5c4)cc(-c4ccc5oc6ccccc6c5c4)c3)cc(-c3cccc4ccccc34)c2)cc1. The molecule has 0 bridgehead atoms. The summed E-state index contributed by atoms with van der Waals surface area (Å²) in [6.45, 7) is 0. The van der Waals surface area contributed by atoms with Crippen LogP contribution in [0.15, 0.2) is 251 Å². The Bertz CT molecular complexity index is 4310. The van der Waals surface area contributed by atoms with Crippen molar-refractivity contribution in [3.05, 3.63) is 243 Å². The smallest absolute Gasteiger partial charge is 0.136 e. The first-order chi connectivity index (χ1) is 33.6. The Kier molecular flexibility index (Phi) is 8.62. The van der Waals surface area contributed by atoms with Crippen molar-refractivity contribution in [1.29, 1.82) is 0 Å². The number of fused-ring (bicyclic) bond motifs is 9. The maximum atomic E-state index is 6.50. The highest BCUT2D eigenvalue weighted by molar-refractivity contribution is 6.21. The lowest BCUT2D eigenvalue weighted by Crippen LogP contribution is -1.90. The largest absolute Gasteiger partial charge is 0.456 e. The summed E-state index contributed by atoms with van der Waals surface area (Å²) in [5.74, 6) is 0. The van der Waals surface area contributed by atoms with Gasteiger partial charge in [0.2, 0.25) is 0 Å². The second-order valence-electron chi connectivity index (χ2n) is 18.0. The van der Waals surface area contributed by atoms with Gasteiger partial charge in [-0.2, -0.15) is 0 Å². The van der Waals surface area contributed by atoms with E-state index in [0.717, 1.165) is 88.2 Å². The van der Waals surface area contributed by atoms with Crippen LogP contribution in [0.2, 0.25) is 0 Å². The highest BCUT2D eigenvalue weighted by Crippen LogP contribution is 2.44. The average molecular weight is 865 g/mol. The summed E-state index contributed by atoms with van der Waals surface area (Å²) in [6.07, 6.45) is 0. The average Bonchev–Trinajstić information content (AvgIpc) is 3.97. The van der Waals surface area contributed by atoms with Crippen LogP contribution in [-0.4, -0.2) is 0 Å². The fourth-order valence-electron chi connectivity index (χ4n) is 10.7. The van der Waals surface area contributed by atoms with Gasteiger partial charge in [0.1, 0.15) is 22.3 Å². The Morgan fingerprint density at radius 3 is 1.50 bits per heavy atom. The summed E-state index contributed by atoms with van der Waals surface area (Å²) in [5.41, 5.74) is 17.6. The third kappa shape index (κ3) is 6.34. The second-order valence-corrected chi connectivity index (χ2v) is 18.0. The van der Waals surface area contributed by atoms with Crippen molar-refractivity contribution < 1.29 is 8.83 Å². The van der Waals surface area contributed by atoms with Crippen LogP contribution < -0.4 is 0 Å². The molecule has 0 atom stereocenters. The normalized spacial score (nSPS) is 11.8. The van der Waals surface area contributed by atoms with Crippen LogP contribution >= 0.6 is 0 Å². The highest BCUT2D eigenvalue weighted by Gasteiger charge is 2.18. The van der Waals surface area contributed by atoms with E-state index in [1.165, 1.54) is 54.7 Å². The van der Waals surface area contributed by atoms with Crippen molar-refractivity contribution in [3.8, 4) is 66.8 Å². The number of rotatable bonds is 6. The van der Waals surface area contributed by atoms with Gasteiger partial charge in [0.05, 0.1) is 0 Å². The molecular formula is C66H40O2. The number of para-hydroxylation sites is 2. The molecule has 14 aromatic rings. The summed E-state index contributed by atoms with van der Waals surface area (Å²) in [7, 11) is 0. The third-order valence-corrected chi connectivity index (χ3v) is 14.0. The number of benzene rings is 12. The summed E-state index contributed by atoms with van der Waals surface area (Å²) >= 11 is 0. The van der Waals surface area contributed by atoms with E-state index in [1.807, 2.05) is 18.2 Å². The summed E-state index contributed by atoms with van der Waals surface area (Å²) in [4.78, 5) is 0. The van der Waals surface area contributed by atoms with Crippen LogP contribution in [0.1, 0.15) is 0 Å². The Hall–Kier alpha value is -8.98. The molecule has 2 heterocycles. The number of hydrogen-bond acceptors (Lipinski definition) is 2. The van der Waals surface area contributed by atoms with Crippen molar-refractivity contribution in [2.75, 3.05) is 0 Å². The minimum atomic E-state index is 0.888. The van der Waals surface area contributed by atoms with E-state index < -0.39 is 0 Å². The quantitative estimate of drug-likeness (QED) is 0.166. The molecule has 0 spiro atoms. The van der Waals surface area contributed by atoms with E-state index in [0.29, 0.717) is 0 Å². The van der Waals surface area contributed by atoms with E-state index >= 15 is 0 Å². The predicted molar refractivity (Wildman–Crippen MR) is 286 cm³/mol. The molecule has 0 N–H and O–H groups in total. The topological polar surface area (TPSA) is 26.3 Å². The summed E-state index contributed by atoms with van der Waals surface area (Å²) < 4.78 is 12.8. The Morgan fingerprint density at radius 1 is 0.206 bits per heavy atom. The molecule has 12 aromatic carbocycles. The molecule has 0 aliphatic heterocycles. The van der Waals surface area contributed by atoms with Crippen molar-refractivity contribution in [2.24, 2.45) is 0 Å². The van der Waals surface area contributed by atoms with Crippen LogP contribution in [0.3, 0.4) is 0 Å². The zero-order valence-corrected chi connectivity index (χ0v) is 36.9. The monoisotopic (exact) mass is 864 g/mol. The molecule has 0 aliphatic rings. The molecule has 0 radical (unpaired) electrons. The van der Waals surface area contributed by atoms with Crippen LogP contribution in [0, 0.1) is 0 Å². The molecule has 2 heteroatoms. The van der Waals surface area contributed by atoms with E-state index in [9.17, 15) is 0 Å². The molecule has 0 saturated heterocycles. The van der Waals surface area contributed by atoms with E-state index in [4.69, 9.17) is 8.83 Å². The van der Waals surface area contributed by atoms with Gasteiger partial charge >= 0.3 is 0 Å². The van der Waals surface area contributed by atoms with Gasteiger partial charge in [-0.3, -0.25) is 0 Å². The van der Waals surface area contributed by atoms with Gasteiger partial charge < -0.3 is 8.83 Å². The Labute approximate surface area is 392 Å².